The largest absolute Gasteiger partial charge is 0.264 e. The number of rotatable bonds is 3. The summed E-state index contributed by atoms with van der Waals surface area (Å²) in [7, 11) is 0. The van der Waals surface area contributed by atoms with Crippen LogP contribution in [0.15, 0.2) is 61.2 Å². The maximum Gasteiger partial charge on any atom is 0.166 e. The van der Waals surface area contributed by atoms with Crippen molar-refractivity contribution < 1.29 is 4.39 Å². The Morgan fingerprint density at radius 1 is 0.920 bits per heavy atom. The molecule has 0 N–H and O–H groups in total. The minimum Gasteiger partial charge on any atom is -0.264 e. The van der Waals surface area contributed by atoms with Gasteiger partial charge in [0.2, 0.25) is 0 Å². The van der Waals surface area contributed by atoms with Gasteiger partial charge in [-0.15, -0.1) is 0 Å². The fraction of sp³-hybridized carbons (Fsp3) is 0.0556. The van der Waals surface area contributed by atoms with Crippen molar-refractivity contribution in [2.24, 2.45) is 0 Å². The molecule has 0 saturated heterocycles. The first kappa shape index (κ1) is 15.1. The molecule has 0 atom stereocenters. The van der Waals surface area contributed by atoms with Gasteiger partial charge in [-0.25, -0.2) is 24.0 Å². The van der Waals surface area contributed by atoms with Gasteiger partial charge in [0.25, 0.3) is 0 Å². The van der Waals surface area contributed by atoms with Gasteiger partial charge in [-0.3, -0.25) is 4.98 Å². The van der Waals surface area contributed by atoms with Crippen molar-refractivity contribution in [3.05, 3.63) is 72.8 Å². The van der Waals surface area contributed by atoms with Gasteiger partial charge in [-0.1, -0.05) is 0 Å². The Labute approximate surface area is 143 Å². The number of hydrogen-bond acceptors (Lipinski definition) is 5. The summed E-state index contributed by atoms with van der Waals surface area (Å²) in [5.74, 6) is 1.49. The second-order valence-corrected chi connectivity index (χ2v) is 5.41. The molecule has 0 unspecified atom stereocenters. The van der Waals surface area contributed by atoms with Crippen LogP contribution in [0.25, 0.3) is 28.5 Å². The Hall–Kier alpha value is -3.48. The van der Waals surface area contributed by atoms with Crippen molar-refractivity contribution in [2.45, 2.75) is 6.92 Å². The number of nitrogens with zero attached hydrogens (tertiary/aromatic N) is 6. The van der Waals surface area contributed by atoms with Crippen LogP contribution in [0.1, 0.15) is 5.82 Å². The van der Waals surface area contributed by atoms with Crippen molar-refractivity contribution >= 4 is 0 Å². The topological polar surface area (TPSA) is 69.4 Å². The molecule has 122 valence electrons. The minimum absolute atomic E-state index is 0.300. The van der Waals surface area contributed by atoms with Crippen LogP contribution >= 0.6 is 0 Å². The Morgan fingerprint density at radius 2 is 1.68 bits per heavy atom. The molecule has 0 aliphatic heterocycles. The normalized spacial score (nSPS) is 10.8. The van der Waals surface area contributed by atoms with Crippen LogP contribution in [0, 0.1) is 12.7 Å². The van der Waals surface area contributed by atoms with Crippen LogP contribution in [0.5, 0.6) is 0 Å². The maximum absolute atomic E-state index is 13.2. The highest BCUT2D eigenvalue weighted by atomic mass is 19.1. The molecule has 25 heavy (non-hydrogen) atoms. The summed E-state index contributed by atoms with van der Waals surface area (Å²) in [5, 5.41) is 4.39. The van der Waals surface area contributed by atoms with E-state index in [4.69, 9.17) is 0 Å². The first-order valence-corrected chi connectivity index (χ1v) is 7.63. The van der Waals surface area contributed by atoms with E-state index in [0.29, 0.717) is 23.2 Å². The van der Waals surface area contributed by atoms with Gasteiger partial charge in [0.15, 0.2) is 11.6 Å². The monoisotopic (exact) mass is 332 g/mol. The molecule has 0 saturated carbocycles. The lowest BCUT2D eigenvalue weighted by Gasteiger charge is -2.06. The average Bonchev–Trinajstić information content (AvgIpc) is 3.05. The molecule has 0 radical (unpaired) electrons. The molecule has 0 aliphatic rings. The molecule has 1 aromatic carbocycles. The quantitative estimate of drug-likeness (QED) is 0.576. The predicted molar refractivity (Wildman–Crippen MR) is 90.3 cm³/mol. The van der Waals surface area contributed by atoms with Crippen molar-refractivity contribution in [2.75, 3.05) is 0 Å². The Balaban J connectivity index is 1.74. The van der Waals surface area contributed by atoms with Crippen molar-refractivity contribution in [1.82, 2.24) is 29.7 Å². The van der Waals surface area contributed by atoms with E-state index in [2.05, 4.69) is 25.0 Å². The van der Waals surface area contributed by atoms with Crippen LogP contribution in [0.3, 0.4) is 0 Å². The van der Waals surface area contributed by atoms with Gasteiger partial charge >= 0.3 is 0 Å². The SMILES string of the molecule is Cc1nc(-c2cnc(-c3cccnc3)nc2)n(-c2ccc(F)cc2)n1. The second kappa shape index (κ2) is 6.20. The first-order valence-electron chi connectivity index (χ1n) is 7.63. The lowest BCUT2D eigenvalue weighted by Crippen LogP contribution is -2.01. The zero-order chi connectivity index (χ0) is 17.2. The minimum atomic E-state index is -0.300. The molecule has 3 heterocycles. The number of hydrogen-bond donors (Lipinski definition) is 0. The van der Waals surface area contributed by atoms with Crippen LogP contribution in [0.2, 0.25) is 0 Å². The van der Waals surface area contributed by atoms with Crippen molar-refractivity contribution in [3.8, 4) is 28.5 Å². The zero-order valence-corrected chi connectivity index (χ0v) is 13.3. The van der Waals surface area contributed by atoms with Gasteiger partial charge < -0.3 is 0 Å². The number of aryl methyl sites for hydroxylation is 1. The fourth-order valence-corrected chi connectivity index (χ4v) is 2.45. The van der Waals surface area contributed by atoms with Crippen LogP contribution in [-0.4, -0.2) is 29.7 Å². The fourth-order valence-electron chi connectivity index (χ4n) is 2.45. The van der Waals surface area contributed by atoms with Gasteiger partial charge in [-0.2, -0.15) is 5.10 Å². The molecular formula is C18H13FN6. The van der Waals surface area contributed by atoms with Gasteiger partial charge in [0, 0.05) is 30.4 Å². The molecule has 6 nitrogen and oxygen atoms in total. The summed E-state index contributed by atoms with van der Waals surface area (Å²) in [5.41, 5.74) is 2.27. The summed E-state index contributed by atoms with van der Waals surface area (Å²) in [4.78, 5) is 17.3. The van der Waals surface area contributed by atoms with Gasteiger partial charge in [-0.05, 0) is 43.3 Å². The summed E-state index contributed by atoms with van der Waals surface area (Å²) in [6.07, 6.45) is 6.80. The molecule has 0 aliphatic carbocycles. The number of benzene rings is 1. The van der Waals surface area contributed by atoms with Crippen LogP contribution in [-0.2, 0) is 0 Å². The highest BCUT2D eigenvalue weighted by Crippen LogP contribution is 2.21. The van der Waals surface area contributed by atoms with Gasteiger partial charge in [0.05, 0.1) is 11.3 Å². The number of aromatic nitrogens is 6. The van der Waals surface area contributed by atoms with E-state index in [-0.39, 0.29) is 5.82 Å². The Kier molecular flexibility index (Phi) is 3.74. The van der Waals surface area contributed by atoms with E-state index in [1.807, 2.05) is 12.1 Å². The summed E-state index contributed by atoms with van der Waals surface area (Å²) in [6, 6.07) is 9.81. The first-order chi connectivity index (χ1) is 12.2. The predicted octanol–water partition coefficient (Wildman–Crippen LogP) is 3.23. The zero-order valence-electron chi connectivity index (χ0n) is 13.3. The highest BCUT2D eigenvalue weighted by molar-refractivity contribution is 5.59. The van der Waals surface area contributed by atoms with Crippen LogP contribution in [0.4, 0.5) is 4.39 Å². The summed E-state index contributed by atoms with van der Waals surface area (Å²) < 4.78 is 14.8. The Bertz CT molecular complexity index is 994. The Morgan fingerprint density at radius 3 is 2.36 bits per heavy atom. The maximum atomic E-state index is 13.2. The lowest BCUT2D eigenvalue weighted by atomic mass is 10.2. The molecule has 0 fully saturated rings. The number of pyridine rings is 1. The molecule has 3 aromatic heterocycles. The third-order valence-electron chi connectivity index (χ3n) is 3.61. The summed E-state index contributed by atoms with van der Waals surface area (Å²) in [6.45, 7) is 1.80. The lowest BCUT2D eigenvalue weighted by molar-refractivity contribution is 0.627. The van der Waals surface area contributed by atoms with Gasteiger partial charge in [0.1, 0.15) is 11.6 Å². The number of halogens is 1. The molecule has 7 heteroatoms. The van der Waals surface area contributed by atoms with Crippen molar-refractivity contribution in [3.63, 3.8) is 0 Å². The second-order valence-electron chi connectivity index (χ2n) is 5.41. The van der Waals surface area contributed by atoms with E-state index in [1.54, 1.807) is 48.5 Å². The van der Waals surface area contributed by atoms with E-state index in [0.717, 1.165) is 11.1 Å². The van der Waals surface area contributed by atoms with Crippen LogP contribution < -0.4 is 0 Å². The van der Waals surface area contributed by atoms with E-state index in [1.165, 1.54) is 12.1 Å². The molecule has 0 amide bonds. The smallest absolute Gasteiger partial charge is 0.166 e. The van der Waals surface area contributed by atoms with E-state index < -0.39 is 0 Å². The standard InChI is InChI=1S/C18H13FN6/c1-12-23-18(25(24-12)16-6-4-15(19)5-7-16)14-10-21-17(22-11-14)13-3-2-8-20-9-13/h2-11H,1H3. The molecule has 4 rings (SSSR count). The molecule has 4 aromatic rings. The molecule has 0 spiro atoms. The molecular weight excluding hydrogens is 319 g/mol. The highest BCUT2D eigenvalue weighted by Gasteiger charge is 2.13. The molecule has 0 bridgehead atoms. The van der Waals surface area contributed by atoms with E-state index in [9.17, 15) is 4.39 Å². The van der Waals surface area contributed by atoms with E-state index >= 15 is 0 Å². The summed E-state index contributed by atoms with van der Waals surface area (Å²) >= 11 is 0. The third-order valence-corrected chi connectivity index (χ3v) is 3.61. The van der Waals surface area contributed by atoms with Crippen molar-refractivity contribution in [1.29, 1.82) is 0 Å². The third kappa shape index (κ3) is 2.99. The average molecular weight is 332 g/mol.